The zero-order valence-corrected chi connectivity index (χ0v) is 15.7. The van der Waals surface area contributed by atoms with Crippen molar-refractivity contribution < 1.29 is 14.3 Å². The minimum atomic E-state index is -0.139. The lowest BCUT2D eigenvalue weighted by molar-refractivity contribution is -0.127. The minimum absolute atomic E-state index is 0.0495. The van der Waals surface area contributed by atoms with E-state index >= 15 is 0 Å². The summed E-state index contributed by atoms with van der Waals surface area (Å²) >= 11 is 0. The monoisotopic (exact) mass is 383 g/mol. The number of amides is 1. The predicted octanol–water partition coefficient (Wildman–Crippen LogP) is 1.74. The van der Waals surface area contributed by atoms with Gasteiger partial charge in [0.05, 0.1) is 31.1 Å². The van der Waals surface area contributed by atoms with Gasteiger partial charge in [0.15, 0.2) is 0 Å². The molecule has 0 aromatic carbocycles. The van der Waals surface area contributed by atoms with Gasteiger partial charge in [-0.25, -0.2) is 4.68 Å². The van der Waals surface area contributed by atoms with Crippen molar-refractivity contribution in [2.75, 3.05) is 13.2 Å². The Balaban J connectivity index is 1.24. The first-order valence-corrected chi connectivity index (χ1v) is 10.2. The number of hydrogen-bond donors (Lipinski definition) is 1. The third-order valence-corrected chi connectivity index (χ3v) is 6.11. The molecule has 3 aliphatic rings. The van der Waals surface area contributed by atoms with Gasteiger partial charge in [0, 0.05) is 12.1 Å². The molecule has 2 saturated heterocycles. The van der Waals surface area contributed by atoms with Crippen LogP contribution in [-0.4, -0.2) is 57.3 Å². The van der Waals surface area contributed by atoms with Crippen molar-refractivity contribution in [1.82, 2.24) is 25.3 Å². The highest BCUT2D eigenvalue weighted by atomic mass is 16.6. The van der Waals surface area contributed by atoms with E-state index in [2.05, 4.69) is 20.6 Å². The molecular formula is C20H25N5O3. The van der Waals surface area contributed by atoms with Gasteiger partial charge >= 0.3 is 0 Å². The molecule has 3 fully saturated rings. The Kier molecular flexibility index (Phi) is 4.82. The maximum Gasteiger partial charge on any atom is 0.223 e. The third-order valence-electron chi connectivity index (χ3n) is 6.11. The highest BCUT2D eigenvalue weighted by Crippen LogP contribution is 2.35. The lowest BCUT2D eigenvalue weighted by Gasteiger charge is -2.24. The standard InChI is InChI=1S/C20H25N5O3/c26-20(13-6-2-1-3-7-13)22-16-11-27-19-17(12-28-18(16)19)25-10-15(23-24-25)14-8-4-5-9-21-14/h4-5,8-10,13,16-19H,1-3,6-7,11-12H2,(H,22,26)/t16-,17-,18+,19+/m0/s1. The maximum absolute atomic E-state index is 12.6. The SMILES string of the molecule is O=C(N[C@H]1CO[C@H]2[C@@H]1OC[C@@H]2n1cc(-c2ccccn2)nn1)C1CCCCC1. The molecule has 28 heavy (non-hydrogen) atoms. The van der Waals surface area contributed by atoms with E-state index in [4.69, 9.17) is 9.47 Å². The van der Waals surface area contributed by atoms with Crippen molar-refractivity contribution in [3.63, 3.8) is 0 Å². The van der Waals surface area contributed by atoms with Gasteiger partial charge in [0.2, 0.25) is 5.91 Å². The fourth-order valence-electron chi connectivity index (χ4n) is 4.57. The van der Waals surface area contributed by atoms with Crippen molar-refractivity contribution in [3.05, 3.63) is 30.6 Å². The van der Waals surface area contributed by atoms with Crippen LogP contribution in [0.3, 0.4) is 0 Å². The zero-order valence-electron chi connectivity index (χ0n) is 15.7. The van der Waals surface area contributed by atoms with Crippen LogP contribution in [0.5, 0.6) is 0 Å². The predicted molar refractivity (Wildman–Crippen MR) is 100 cm³/mol. The van der Waals surface area contributed by atoms with Gasteiger partial charge < -0.3 is 14.8 Å². The number of ether oxygens (including phenoxy) is 2. The summed E-state index contributed by atoms with van der Waals surface area (Å²) in [7, 11) is 0. The van der Waals surface area contributed by atoms with Crippen molar-refractivity contribution in [2.24, 2.45) is 5.92 Å². The summed E-state index contributed by atoms with van der Waals surface area (Å²) in [5, 5.41) is 11.7. The molecule has 1 N–H and O–H groups in total. The van der Waals surface area contributed by atoms with Crippen LogP contribution in [0.1, 0.15) is 38.1 Å². The van der Waals surface area contributed by atoms with Gasteiger partial charge in [0.1, 0.15) is 23.9 Å². The van der Waals surface area contributed by atoms with Crippen LogP contribution in [0.25, 0.3) is 11.4 Å². The van der Waals surface area contributed by atoms with Gasteiger partial charge in [-0.2, -0.15) is 0 Å². The number of pyridine rings is 1. The Morgan fingerprint density at radius 3 is 2.75 bits per heavy atom. The summed E-state index contributed by atoms with van der Waals surface area (Å²) in [6.45, 7) is 0.974. The fraction of sp³-hybridized carbons (Fsp3) is 0.600. The van der Waals surface area contributed by atoms with Gasteiger partial charge in [-0.15, -0.1) is 5.10 Å². The number of carbonyl (C=O) groups is 1. The molecular weight excluding hydrogens is 358 g/mol. The van der Waals surface area contributed by atoms with E-state index in [1.54, 1.807) is 10.9 Å². The Morgan fingerprint density at radius 2 is 1.93 bits per heavy atom. The molecule has 8 heteroatoms. The second-order valence-corrected chi connectivity index (χ2v) is 7.91. The first kappa shape index (κ1) is 17.8. The van der Waals surface area contributed by atoms with E-state index in [0.29, 0.717) is 13.2 Å². The van der Waals surface area contributed by atoms with E-state index in [1.165, 1.54) is 6.42 Å². The van der Waals surface area contributed by atoms with Gasteiger partial charge in [0.25, 0.3) is 0 Å². The Labute approximate surface area is 163 Å². The Morgan fingerprint density at radius 1 is 1.07 bits per heavy atom. The van der Waals surface area contributed by atoms with E-state index in [9.17, 15) is 4.79 Å². The number of carbonyl (C=O) groups excluding carboxylic acids is 1. The Hall–Kier alpha value is -2.32. The van der Waals surface area contributed by atoms with Crippen LogP contribution < -0.4 is 5.32 Å². The maximum atomic E-state index is 12.6. The first-order chi connectivity index (χ1) is 13.8. The van der Waals surface area contributed by atoms with Crippen molar-refractivity contribution >= 4 is 5.91 Å². The van der Waals surface area contributed by atoms with E-state index in [0.717, 1.165) is 37.1 Å². The number of aromatic nitrogens is 4. The van der Waals surface area contributed by atoms with Crippen LogP contribution in [-0.2, 0) is 14.3 Å². The molecule has 1 amide bonds. The molecule has 0 radical (unpaired) electrons. The second-order valence-electron chi connectivity index (χ2n) is 7.91. The smallest absolute Gasteiger partial charge is 0.223 e. The molecule has 0 bridgehead atoms. The largest absolute Gasteiger partial charge is 0.371 e. The number of hydrogen-bond acceptors (Lipinski definition) is 6. The van der Waals surface area contributed by atoms with Gasteiger partial charge in [-0.3, -0.25) is 9.78 Å². The molecule has 2 aliphatic heterocycles. The molecule has 4 atom stereocenters. The molecule has 5 rings (SSSR count). The summed E-state index contributed by atoms with van der Waals surface area (Å²) in [5.74, 6) is 0.292. The molecule has 1 saturated carbocycles. The molecule has 8 nitrogen and oxygen atoms in total. The van der Waals surface area contributed by atoms with E-state index in [1.807, 2.05) is 24.4 Å². The van der Waals surface area contributed by atoms with Crippen LogP contribution in [0.15, 0.2) is 30.6 Å². The van der Waals surface area contributed by atoms with E-state index in [-0.39, 0.29) is 36.1 Å². The molecule has 2 aromatic rings. The van der Waals surface area contributed by atoms with Crippen LogP contribution in [0, 0.1) is 5.92 Å². The van der Waals surface area contributed by atoms with Crippen molar-refractivity contribution in [1.29, 1.82) is 0 Å². The summed E-state index contributed by atoms with van der Waals surface area (Å²) in [6.07, 6.45) is 8.88. The van der Waals surface area contributed by atoms with Crippen LogP contribution in [0.4, 0.5) is 0 Å². The van der Waals surface area contributed by atoms with Gasteiger partial charge in [-0.05, 0) is 25.0 Å². The molecule has 2 aromatic heterocycles. The molecule has 0 unspecified atom stereocenters. The number of nitrogens with one attached hydrogen (secondary N) is 1. The van der Waals surface area contributed by atoms with Crippen molar-refractivity contribution in [3.8, 4) is 11.4 Å². The summed E-state index contributed by atoms with van der Waals surface area (Å²) < 4.78 is 13.8. The fourth-order valence-corrected chi connectivity index (χ4v) is 4.57. The van der Waals surface area contributed by atoms with Crippen LogP contribution in [0.2, 0.25) is 0 Å². The highest BCUT2D eigenvalue weighted by Gasteiger charge is 2.49. The first-order valence-electron chi connectivity index (χ1n) is 10.2. The van der Waals surface area contributed by atoms with Crippen molar-refractivity contribution in [2.45, 2.75) is 56.4 Å². The molecule has 0 spiro atoms. The summed E-state index contributed by atoms with van der Waals surface area (Å²) in [6, 6.07) is 5.56. The minimum Gasteiger partial charge on any atom is -0.371 e. The second kappa shape index (κ2) is 7.60. The molecule has 1 aliphatic carbocycles. The topological polar surface area (TPSA) is 91.2 Å². The molecule has 148 valence electrons. The average Bonchev–Trinajstić information content (AvgIpc) is 3.47. The third kappa shape index (κ3) is 3.31. The highest BCUT2D eigenvalue weighted by molar-refractivity contribution is 5.79. The lowest BCUT2D eigenvalue weighted by Crippen LogP contribution is -2.46. The summed E-state index contributed by atoms with van der Waals surface area (Å²) in [4.78, 5) is 16.9. The number of nitrogens with zero attached hydrogens (tertiary/aromatic N) is 4. The average molecular weight is 383 g/mol. The van der Waals surface area contributed by atoms with Gasteiger partial charge in [-0.1, -0.05) is 30.5 Å². The Bertz CT molecular complexity index is 820. The van der Waals surface area contributed by atoms with Crippen LogP contribution >= 0.6 is 0 Å². The molecule has 4 heterocycles. The zero-order chi connectivity index (χ0) is 18.9. The summed E-state index contributed by atoms with van der Waals surface area (Å²) in [5.41, 5.74) is 1.51. The van der Waals surface area contributed by atoms with E-state index < -0.39 is 0 Å². The lowest BCUT2D eigenvalue weighted by atomic mass is 9.88. The number of rotatable bonds is 4. The quantitative estimate of drug-likeness (QED) is 0.865. The normalized spacial score (nSPS) is 30.3. The number of fused-ring (bicyclic) bond motifs is 1.